The molecule has 7 nitrogen and oxygen atoms in total. The van der Waals surface area contributed by atoms with Gasteiger partial charge in [0, 0.05) is 12.6 Å². The number of nitrogens with one attached hydrogen (secondary N) is 1. The van der Waals surface area contributed by atoms with E-state index in [-0.39, 0.29) is 29.8 Å². The standard InChI is InChI=1S/C12H19N3O4/c1-9(2)19-5-4-14(3)8-12(16)11-6-10(7-13-11)15(17)18/h6-7,9,13H,4-5,8H2,1-3H3. The van der Waals surface area contributed by atoms with Crippen molar-refractivity contribution in [3.8, 4) is 0 Å². The molecule has 0 fully saturated rings. The van der Waals surface area contributed by atoms with Crippen molar-refractivity contribution in [2.45, 2.75) is 20.0 Å². The summed E-state index contributed by atoms with van der Waals surface area (Å²) in [5.41, 5.74) is 0.150. The minimum atomic E-state index is -0.534. The molecule has 0 bridgehead atoms. The number of likely N-dealkylation sites (N-methyl/N-ethyl adjacent to an activating group) is 1. The maximum Gasteiger partial charge on any atom is 0.287 e. The Morgan fingerprint density at radius 2 is 2.26 bits per heavy atom. The lowest BCUT2D eigenvalue weighted by Gasteiger charge is -2.16. The number of ketones is 1. The van der Waals surface area contributed by atoms with E-state index in [1.807, 2.05) is 18.7 Å². The van der Waals surface area contributed by atoms with E-state index in [1.165, 1.54) is 12.3 Å². The lowest BCUT2D eigenvalue weighted by Crippen LogP contribution is -2.30. The molecule has 1 rings (SSSR count). The Hall–Kier alpha value is -1.73. The second-order valence-electron chi connectivity index (χ2n) is 4.61. The van der Waals surface area contributed by atoms with Crippen molar-refractivity contribution in [3.05, 3.63) is 28.1 Å². The molecule has 19 heavy (non-hydrogen) atoms. The third-order valence-electron chi connectivity index (χ3n) is 2.52. The largest absolute Gasteiger partial charge is 0.377 e. The van der Waals surface area contributed by atoms with Crippen molar-refractivity contribution >= 4 is 11.5 Å². The number of ether oxygens (including phenoxy) is 1. The Morgan fingerprint density at radius 3 is 2.79 bits per heavy atom. The van der Waals surface area contributed by atoms with Crippen LogP contribution >= 0.6 is 0 Å². The zero-order valence-corrected chi connectivity index (χ0v) is 11.4. The number of carbonyl (C=O) groups is 1. The van der Waals surface area contributed by atoms with Gasteiger partial charge in [0.05, 0.1) is 36.1 Å². The minimum absolute atomic E-state index is 0.103. The third kappa shape index (κ3) is 5.19. The zero-order chi connectivity index (χ0) is 14.4. The van der Waals surface area contributed by atoms with E-state index in [2.05, 4.69) is 4.98 Å². The van der Waals surface area contributed by atoms with Gasteiger partial charge in [-0.25, -0.2) is 0 Å². The predicted molar refractivity (Wildman–Crippen MR) is 70.4 cm³/mol. The Morgan fingerprint density at radius 1 is 1.58 bits per heavy atom. The first-order valence-electron chi connectivity index (χ1n) is 6.06. The van der Waals surface area contributed by atoms with Gasteiger partial charge in [0.1, 0.15) is 0 Å². The molecule has 1 aromatic rings. The summed E-state index contributed by atoms with van der Waals surface area (Å²) in [6.07, 6.45) is 1.38. The summed E-state index contributed by atoms with van der Waals surface area (Å²) in [5, 5.41) is 10.5. The van der Waals surface area contributed by atoms with Crippen LogP contribution in [0.1, 0.15) is 24.3 Å². The van der Waals surface area contributed by atoms with Crippen LogP contribution in [-0.4, -0.2) is 53.4 Å². The molecule has 0 aliphatic rings. The van der Waals surface area contributed by atoms with Crippen LogP contribution in [0.15, 0.2) is 12.3 Å². The van der Waals surface area contributed by atoms with Crippen molar-refractivity contribution in [3.63, 3.8) is 0 Å². The minimum Gasteiger partial charge on any atom is -0.377 e. The zero-order valence-electron chi connectivity index (χ0n) is 11.4. The highest BCUT2D eigenvalue weighted by Gasteiger charge is 2.15. The van der Waals surface area contributed by atoms with Crippen molar-refractivity contribution in [2.24, 2.45) is 0 Å². The van der Waals surface area contributed by atoms with Gasteiger partial charge < -0.3 is 9.72 Å². The molecule has 1 N–H and O–H groups in total. The summed E-state index contributed by atoms with van der Waals surface area (Å²) in [5.74, 6) is -0.180. The number of rotatable bonds is 8. The molecule has 0 spiro atoms. The van der Waals surface area contributed by atoms with Crippen LogP contribution in [-0.2, 0) is 4.74 Å². The molecular formula is C12H19N3O4. The molecule has 0 unspecified atom stereocenters. The highest BCUT2D eigenvalue weighted by atomic mass is 16.6. The van der Waals surface area contributed by atoms with Gasteiger partial charge >= 0.3 is 0 Å². The first-order valence-corrected chi connectivity index (χ1v) is 6.06. The van der Waals surface area contributed by atoms with Crippen LogP contribution in [0.4, 0.5) is 5.69 Å². The maximum absolute atomic E-state index is 11.9. The molecule has 1 aromatic heterocycles. The summed E-state index contributed by atoms with van der Waals surface area (Å²) in [4.78, 5) is 26.3. The number of Topliss-reactive ketones (excluding diaryl/α,β-unsaturated/α-hetero) is 1. The van der Waals surface area contributed by atoms with Crippen molar-refractivity contribution in [1.29, 1.82) is 0 Å². The molecule has 0 aliphatic carbocycles. The number of H-pyrrole nitrogens is 1. The van der Waals surface area contributed by atoms with Crippen molar-refractivity contribution in [1.82, 2.24) is 9.88 Å². The molecular weight excluding hydrogens is 250 g/mol. The predicted octanol–water partition coefficient (Wildman–Crippen LogP) is 1.46. The SMILES string of the molecule is CC(C)OCCN(C)CC(=O)c1cc([N+](=O)[O-])c[nH]1. The molecule has 0 atom stereocenters. The molecule has 1 heterocycles. The van der Waals surface area contributed by atoms with E-state index in [1.54, 1.807) is 7.05 Å². The molecule has 0 amide bonds. The molecule has 0 radical (unpaired) electrons. The highest BCUT2D eigenvalue weighted by Crippen LogP contribution is 2.12. The van der Waals surface area contributed by atoms with E-state index < -0.39 is 4.92 Å². The molecule has 0 saturated carbocycles. The fraction of sp³-hybridized carbons (Fsp3) is 0.583. The monoisotopic (exact) mass is 269 g/mol. The summed E-state index contributed by atoms with van der Waals surface area (Å²) >= 11 is 0. The average molecular weight is 269 g/mol. The van der Waals surface area contributed by atoms with E-state index in [9.17, 15) is 14.9 Å². The number of carbonyl (C=O) groups excluding carboxylic acids is 1. The van der Waals surface area contributed by atoms with Gasteiger partial charge in [0.25, 0.3) is 5.69 Å². The fourth-order valence-electron chi connectivity index (χ4n) is 1.50. The van der Waals surface area contributed by atoms with Crippen LogP contribution in [0.2, 0.25) is 0 Å². The van der Waals surface area contributed by atoms with Crippen LogP contribution in [0, 0.1) is 10.1 Å². The van der Waals surface area contributed by atoms with Gasteiger partial charge in [0.2, 0.25) is 0 Å². The Balaban J connectivity index is 2.42. The summed E-state index contributed by atoms with van der Waals surface area (Å²) in [7, 11) is 1.80. The van der Waals surface area contributed by atoms with E-state index in [4.69, 9.17) is 4.74 Å². The first kappa shape index (κ1) is 15.3. The summed E-state index contributed by atoms with van der Waals surface area (Å²) < 4.78 is 5.39. The maximum atomic E-state index is 11.9. The average Bonchev–Trinajstić information content (AvgIpc) is 2.77. The van der Waals surface area contributed by atoms with Gasteiger partial charge in [0.15, 0.2) is 5.78 Å². The molecule has 0 aliphatic heterocycles. The van der Waals surface area contributed by atoms with Gasteiger partial charge in [-0.3, -0.25) is 19.8 Å². The number of aromatic nitrogens is 1. The molecule has 106 valence electrons. The Labute approximate surface area is 111 Å². The number of hydrogen-bond donors (Lipinski definition) is 1. The number of nitrogens with zero attached hydrogens (tertiary/aromatic N) is 2. The lowest BCUT2D eigenvalue weighted by atomic mass is 10.2. The van der Waals surface area contributed by atoms with Gasteiger partial charge in [-0.15, -0.1) is 0 Å². The van der Waals surface area contributed by atoms with Crippen molar-refractivity contribution in [2.75, 3.05) is 26.7 Å². The number of nitro groups is 1. The van der Waals surface area contributed by atoms with Crippen LogP contribution in [0.25, 0.3) is 0 Å². The lowest BCUT2D eigenvalue weighted by molar-refractivity contribution is -0.384. The summed E-state index contributed by atoms with van der Waals surface area (Å²) in [6, 6.07) is 1.25. The van der Waals surface area contributed by atoms with Crippen LogP contribution in [0.3, 0.4) is 0 Å². The van der Waals surface area contributed by atoms with Crippen LogP contribution in [0.5, 0.6) is 0 Å². The first-order chi connectivity index (χ1) is 8.90. The van der Waals surface area contributed by atoms with Gasteiger partial charge in [-0.05, 0) is 20.9 Å². The van der Waals surface area contributed by atoms with E-state index in [0.29, 0.717) is 13.2 Å². The van der Waals surface area contributed by atoms with E-state index in [0.717, 1.165) is 0 Å². The smallest absolute Gasteiger partial charge is 0.287 e. The van der Waals surface area contributed by atoms with Crippen LogP contribution < -0.4 is 0 Å². The number of hydrogen-bond acceptors (Lipinski definition) is 5. The number of aromatic amines is 1. The van der Waals surface area contributed by atoms with Gasteiger partial charge in [-0.1, -0.05) is 0 Å². The Kier molecular flexibility index (Phi) is 5.65. The highest BCUT2D eigenvalue weighted by molar-refractivity contribution is 5.96. The molecule has 0 aromatic carbocycles. The topological polar surface area (TPSA) is 88.5 Å². The second-order valence-corrected chi connectivity index (χ2v) is 4.61. The normalized spacial score (nSPS) is 11.2. The quantitative estimate of drug-likeness (QED) is 0.438. The van der Waals surface area contributed by atoms with E-state index >= 15 is 0 Å². The molecule has 0 saturated heterocycles. The second kappa shape index (κ2) is 7.01. The molecule has 7 heteroatoms. The summed E-state index contributed by atoms with van der Waals surface area (Å²) in [6.45, 7) is 5.27. The fourth-order valence-corrected chi connectivity index (χ4v) is 1.50. The van der Waals surface area contributed by atoms with Gasteiger partial charge in [-0.2, -0.15) is 0 Å². The Bertz CT molecular complexity index is 442. The third-order valence-corrected chi connectivity index (χ3v) is 2.52. The van der Waals surface area contributed by atoms with Crippen molar-refractivity contribution < 1.29 is 14.5 Å².